The Morgan fingerprint density at radius 2 is 1.22 bits per heavy atom. The number of nitrogens with zero attached hydrogens (tertiary/aromatic N) is 1. The largest absolute Gasteiger partial charge is 0.493 e. The SMILES string of the molecule is c1ccc(N(c2ccccc2)c2ccc(OCCc3ccco3)cc2)cc1. The summed E-state index contributed by atoms with van der Waals surface area (Å²) in [6, 6.07) is 32.8. The average molecular weight is 355 g/mol. The van der Waals surface area contributed by atoms with Crippen LogP contribution in [0, 0.1) is 0 Å². The van der Waals surface area contributed by atoms with Gasteiger partial charge in [0.05, 0.1) is 12.9 Å². The van der Waals surface area contributed by atoms with Crippen molar-refractivity contribution in [3.8, 4) is 5.75 Å². The zero-order valence-electron chi connectivity index (χ0n) is 15.0. The first-order valence-electron chi connectivity index (χ1n) is 9.06. The fourth-order valence-electron chi connectivity index (χ4n) is 3.02. The van der Waals surface area contributed by atoms with Gasteiger partial charge in [0.2, 0.25) is 0 Å². The van der Waals surface area contributed by atoms with Crippen LogP contribution in [0.4, 0.5) is 17.1 Å². The average Bonchev–Trinajstić information content (AvgIpc) is 3.25. The minimum atomic E-state index is 0.591. The normalized spacial score (nSPS) is 10.5. The van der Waals surface area contributed by atoms with Crippen LogP contribution in [-0.2, 0) is 6.42 Å². The Bertz CT molecular complexity index is 893. The first-order chi connectivity index (χ1) is 13.4. The van der Waals surface area contributed by atoms with Gasteiger partial charge in [-0.15, -0.1) is 0 Å². The van der Waals surface area contributed by atoms with Gasteiger partial charge in [0, 0.05) is 23.5 Å². The number of hydrogen-bond donors (Lipinski definition) is 0. The zero-order valence-corrected chi connectivity index (χ0v) is 15.0. The number of furan rings is 1. The van der Waals surface area contributed by atoms with Gasteiger partial charge < -0.3 is 14.1 Å². The van der Waals surface area contributed by atoms with Gasteiger partial charge in [0.15, 0.2) is 0 Å². The van der Waals surface area contributed by atoms with E-state index in [-0.39, 0.29) is 0 Å². The second-order valence-electron chi connectivity index (χ2n) is 6.18. The lowest BCUT2D eigenvalue weighted by atomic mass is 10.2. The molecule has 1 heterocycles. The van der Waals surface area contributed by atoms with Crippen molar-refractivity contribution in [2.75, 3.05) is 11.5 Å². The molecule has 0 radical (unpaired) electrons. The van der Waals surface area contributed by atoms with Gasteiger partial charge in [0.1, 0.15) is 11.5 Å². The third-order valence-corrected chi connectivity index (χ3v) is 4.32. The van der Waals surface area contributed by atoms with Crippen LogP contribution in [0.1, 0.15) is 5.76 Å². The highest BCUT2D eigenvalue weighted by Crippen LogP contribution is 2.34. The summed E-state index contributed by atoms with van der Waals surface area (Å²) >= 11 is 0. The first-order valence-corrected chi connectivity index (χ1v) is 9.06. The maximum Gasteiger partial charge on any atom is 0.119 e. The monoisotopic (exact) mass is 355 g/mol. The number of para-hydroxylation sites is 2. The van der Waals surface area contributed by atoms with Gasteiger partial charge in [-0.3, -0.25) is 0 Å². The molecule has 3 heteroatoms. The summed E-state index contributed by atoms with van der Waals surface area (Å²) < 4.78 is 11.2. The van der Waals surface area contributed by atoms with Crippen LogP contribution in [0.15, 0.2) is 108 Å². The fraction of sp³-hybridized carbons (Fsp3) is 0.0833. The highest BCUT2D eigenvalue weighted by Gasteiger charge is 2.11. The van der Waals surface area contributed by atoms with Crippen molar-refractivity contribution in [2.45, 2.75) is 6.42 Å². The lowest BCUT2D eigenvalue weighted by Crippen LogP contribution is -2.09. The van der Waals surface area contributed by atoms with E-state index in [1.54, 1.807) is 6.26 Å². The molecule has 0 aliphatic rings. The molecule has 4 aromatic rings. The molecule has 0 bridgehead atoms. The van der Waals surface area contributed by atoms with Crippen LogP contribution >= 0.6 is 0 Å². The number of ether oxygens (including phenoxy) is 1. The summed E-state index contributed by atoms with van der Waals surface area (Å²) in [6.45, 7) is 0.591. The van der Waals surface area contributed by atoms with Crippen molar-refractivity contribution in [1.82, 2.24) is 0 Å². The molecule has 3 nitrogen and oxygen atoms in total. The topological polar surface area (TPSA) is 25.6 Å². The number of hydrogen-bond acceptors (Lipinski definition) is 3. The van der Waals surface area contributed by atoms with Crippen LogP contribution in [0.25, 0.3) is 0 Å². The van der Waals surface area contributed by atoms with E-state index < -0.39 is 0 Å². The van der Waals surface area contributed by atoms with Crippen molar-refractivity contribution >= 4 is 17.1 Å². The molecule has 0 aliphatic carbocycles. The quantitative estimate of drug-likeness (QED) is 0.385. The van der Waals surface area contributed by atoms with E-state index in [0.717, 1.165) is 35.0 Å². The van der Waals surface area contributed by atoms with Gasteiger partial charge >= 0.3 is 0 Å². The third kappa shape index (κ3) is 4.21. The molecule has 0 atom stereocenters. The van der Waals surface area contributed by atoms with Crippen LogP contribution in [0.5, 0.6) is 5.75 Å². The van der Waals surface area contributed by atoms with E-state index in [1.165, 1.54) is 0 Å². The highest BCUT2D eigenvalue weighted by molar-refractivity contribution is 5.76. The summed E-state index contributed by atoms with van der Waals surface area (Å²) in [6.07, 6.45) is 2.45. The molecule has 0 aliphatic heterocycles. The molecule has 0 unspecified atom stereocenters. The van der Waals surface area contributed by atoms with E-state index in [0.29, 0.717) is 6.61 Å². The van der Waals surface area contributed by atoms with Gasteiger partial charge in [0.25, 0.3) is 0 Å². The molecule has 0 saturated carbocycles. The van der Waals surface area contributed by atoms with Crippen molar-refractivity contribution in [1.29, 1.82) is 0 Å². The summed E-state index contributed by atoms with van der Waals surface area (Å²) in [7, 11) is 0. The first kappa shape index (κ1) is 17.0. The lowest BCUT2D eigenvalue weighted by Gasteiger charge is -2.25. The molecule has 0 N–H and O–H groups in total. The molecule has 0 fully saturated rings. The van der Waals surface area contributed by atoms with Crippen molar-refractivity contribution in [3.63, 3.8) is 0 Å². The van der Waals surface area contributed by atoms with Gasteiger partial charge in [-0.25, -0.2) is 0 Å². The molecule has 0 saturated heterocycles. The van der Waals surface area contributed by atoms with E-state index in [4.69, 9.17) is 9.15 Å². The van der Waals surface area contributed by atoms with Crippen molar-refractivity contribution < 1.29 is 9.15 Å². The Morgan fingerprint density at radius 1 is 0.630 bits per heavy atom. The molecule has 4 rings (SSSR count). The lowest BCUT2D eigenvalue weighted by molar-refractivity contribution is 0.309. The van der Waals surface area contributed by atoms with Crippen molar-refractivity contribution in [2.24, 2.45) is 0 Å². The molecule has 1 aromatic heterocycles. The summed E-state index contributed by atoms with van der Waals surface area (Å²) in [5, 5.41) is 0. The Hall–Kier alpha value is -3.46. The molecule has 0 spiro atoms. The molecular formula is C24H21NO2. The Labute approximate surface area is 159 Å². The molecule has 27 heavy (non-hydrogen) atoms. The second-order valence-corrected chi connectivity index (χ2v) is 6.18. The van der Waals surface area contributed by atoms with Crippen LogP contribution in [0.2, 0.25) is 0 Å². The van der Waals surface area contributed by atoms with E-state index in [2.05, 4.69) is 65.6 Å². The predicted octanol–water partition coefficient (Wildman–Crippen LogP) is 6.37. The van der Waals surface area contributed by atoms with Gasteiger partial charge in [-0.1, -0.05) is 36.4 Å². The predicted molar refractivity (Wildman–Crippen MR) is 109 cm³/mol. The molecular weight excluding hydrogens is 334 g/mol. The molecule has 134 valence electrons. The van der Waals surface area contributed by atoms with Crippen LogP contribution in [-0.4, -0.2) is 6.61 Å². The van der Waals surface area contributed by atoms with Crippen LogP contribution < -0.4 is 9.64 Å². The Morgan fingerprint density at radius 3 is 1.78 bits per heavy atom. The van der Waals surface area contributed by atoms with E-state index in [1.807, 2.05) is 36.4 Å². The zero-order chi connectivity index (χ0) is 18.3. The number of benzene rings is 3. The number of anilines is 3. The standard InChI is InChI=1S/C24H21NO2/c1-3-8-20(9-4-1)25(21-10-5-2-6-11-21)22-13-15-24(16-14-22)27-19-17-23-12-7-18-26-23/h1-16,18H,17,19H2. The minimum absolute atomic E-state index is 0.591. The fourth-order valence-corrected chi connectivity index (χ4v) is 3.02. The highest BCUT2D eigenvalue weighted by atomic mass is 16.5. The van der Waals surface area contributed by atoms with E-state index in [9.17, 15) is 0 Å². The third-order valence-electron chi connectivity index (χ3n) is 4.32. The second kappa shape index (κ2) is 8.28. The molecule has 3 aromatic carbocycles. The van der Waals surface area contributed by atoms with E-state index >= 15 is 0 Å². The summed E-state index contributed by atoms with van der Waals surface area (Å²) in [4.78, 5) is 2.23. The number of rotatable bonds is 7. The maximum absolute atomic E-state index is 5.85. The maximum atomic E-state index is 5.85. The van der Waals surface area contributed by atoms with Gasteiger partial charge in [-0.2, -0.15) is 0 Å². The Kier molecular flexibility index (Phi) is 5.21. The van der Waals surface area contributed by atoms with Crippen molar-refractivity contribution in [3.05, 3.63) is 109 Å². The van der Waals surface area contributed by atoms with Gasteiger partial charge in [-0.05, 0) is 60.7 Å². The smallest absolute Gasteiger partial charge is 0.119 e. The summed E-state index contributed by atoms with van der Waals surface area (Å²) in [5.74, 6) is 1.79. The minimum Gasteiger partial charge on any atom is -0.493 e. The Balaban J connectivity index is 1.52. The van der Waals surface area contributed by atoms with Crippen LogP contribution in [0.3, 0.4) is 0 Å². The molecule has 0 amide bonds. The summed E-state index contributed by atoms with van der Waals surface area (Å²) in [5.41, 5.74) is 3.33.